The SMILES string of the molecule is C=C[C@@H]1CC[C@H]1C(=O)N1CCCC[C@@H]1CN(C)C(=O)c1c[nH]cc1-c1cnn(C)c1. The summed E-state index contributed by atoms with van der Waals surface area (Å²) in [5, 5.41) is 4.21. The Balaban J connectivity index is 1.46. The molecule has 0 spiro atoms. The van der Waals surface area contributed by atoms with Gasteiger partial charge in [0.25, 0.3) is 5.91 Å². The summed E-state index contributed by atoms with van der Waals surface area (Å²) in [6.07, 6.45) is 14.2. The van der Waals surface area contributed by atoms with Crippen LogP contribution in [0.3, 0.4) is 0 Å². The molecule has 0 unspecified atom stereocenters. The number of likely N-dealkylation sites (tertiary alicyclic amines) is 1. The van der Waals surface area contributed by atoms with E-state index in [1.807, 2.05) is 37.5 Å². The Labute approximate surface area is 177 Å². The zero-order valence-electron chi connectivity index (χ0n) is 17.9. The van der Waals surface area contributed by atoms with Crippen molar-refractivity contribution < 1.29 is 9.59 Å². The maximum absolute atomic E-state index is 13.2. The summed E-state index contributed by atoms with van der Waals surface area (Å²) in [6.45, 7) is 5.22. The van der Waals surface area contributed by atoms with Crippen LogP contribution in [0.1, 0.15) is 42.5 Å². The summed E-state index contributed by atoms with van der Waals surface area (Å²) < 4.78 is 1.72. The highest BCUT2D eigenvalue weighted by molar-refractivity contribution is 6.00. The van der Waals surface area contributed by atoms with Crippen LogP contribution in [0.15, 0.2) is 37.4 Å². The molecular formula is C23H31N5O2. The van der Waals surface area contributed by atoms with E-state index in [4.69, 9.17) is 0 Å². The number of hydrogen-bond donors (Lipinski definition) is 1. The molecule has 0 aromatic carbocycles. The largest absolute Gasteiger partial charge is 0.366 e. The van der Waals surface area contributed by atoms with Crippen LogP contribution in [0.2, 0.25) is 0 Å². The third-order valence-electron chi connectivity index (χ3n) is 6.68. The minimum absolute atomic E-state index is 0.0410. The maximum atomic E-state index is 13.2. The standard InChI is InChI=1S/C23H31N5O2/c1-4-16-8-9-19(16)23(30)28-10-6-5-7-18(28)15-26(2)22(29)21-13-24-12-20(21)17-11-25-27(3)14-17/h4,11-14,16,18-19,24H,1,5-10,15H2,2-3H3/t16-,18-,19-/m1/s1. The smallest absolute Gasteiger partial charge is 0.255 e. The van der Waals surface area contributed by atoms with Crippen LogP contribution in [-0.2, 0) is 11.8 Å². The number of H-pyrrole nitrogens is 1. The number of aromatic nitrogens is 3. The number of rotatable bonds is 6. The Kier molecular flexibility index (Phi) is 5.79. The van der Waals surface area contributed by atoms with Gasteiger partial charge in [0.15, 0.2) is 0 Å². The normalized spacial score (nSPS) is 23.7. The predicted molar refractivity (Wildman–Crippen MR) is 116 cm³/mol. The molecule has 2 fully saturated rings. The lowest BCUT2D eigenvalue weighted by atomic mass is 9.72. The van der Waals surface area contributed by atoms with E-state index in [1.54, 1.807) is 22.0 Å². The molecule has 7 nitrogen and oxygen atoms in total. The van der Waals surface area contributed by atoms with E-state index in [1.165, 1.54) is 0 Å². The van der Waals surface area contributed by atoms with Crippen molar-refractivity contribution in [3.05, 3.63) is 43.0 Å². The van der Waals surface area contributed by atoms with Gasteiger partial charge in [-0.1, -0.05) is 6.08 Å². The lowest BCUT2D eigenvalue weighted by molar-refractivity contribution is -0.144. The van der Waals surface area contributed by atoms with Gasteiger partial charge in [-0.2, -0.15) is 5.10 Å². The van der Waals surface area contributed by atoms with Crippen LogP contribution in [0, 0.1) is 11.8 Å². The average molecular weight is 410 g/mol. The molecule has 2 aromatic heterocycles. The van der Waals surface area contributed by atoms with Crippen molar-refractivity contribution in [3.63, 3.8) is 0 Å². The zero-order chi connectivity index (χ0) is 21.3. The minimum Gasteiger partial charge on any atom is -0.366 e. The number of aryl methyl sites for hydroxylation is 1. The van der Waals surface area contributed by atoms with Crippen molar-refractivity contribution in [1.29, 1.82) is 0 Å². The summed E-state index contributed by atoms with van der Waals surface area (Å²) >= 11 is 0. The fourth-order valence-electron chi connectivity index (χ4n) is 4.75. The van der Waals surface area contributed by atoms with Gasteiger partial charge in [0.2, 0.25) is 5.91 Å². The number of allylic oxidation sites excluding steroid dienone is 1. The fourth-order valence-corrected chi connectivity index (χ4v) is 4.75. The van der Waals surface area contributed by atoms with Gasteiger partial charge in [-0.25, -0.2) is 0 Å². The molecule has 2 aromatic rings. The number of nitrogens with zero attached hydrogens (tertiary/aromatic N) is 4. The van der Waals surface area contributed by atoms with Crippen molar-refractivity contribution in [1.82, 2.24) is 24.6 Å². The number of likely N-dealkylation sites (N-methyl/N-ethyl adjacent to an activating group) is 1. The average Bonchev–Trinajstić information content (AvgIpc) is 3.36. The minimum atomic E-state index is -0.0410. The topological polar surface area (TPSA) is 74.2 Å². The van der Waals surface area contributed by atoms with Gasteiger partial charge >= 0.3 is 0 Å². The zero-order valence-corrected chi connectivity index (χ0v) is 17.9. The van der Waals surface area contributed by atoms with Crippen LogP contribution >= 0.6 is 0 Å². The summed E-state index contributed by atoms with van der Waals surface area (Å²) in [4.78, 5) is 33.2. The van der Waals surface area contributed by atoms with E-state index in [-0.39, 0.29) is 23.8 Å². The van der Waals surface area contributed by atoms with Gasteiger partial charge in [-0.05, 0) is 38.0 Å². The summed E-state index contributed by atoms with van der Waals surface area (Å²) in [7, 11) is 3.69. The Morgan fingerprint density at radius 2 is 2.13 bits per heavy atom. The second-order valence-corrected chi connectivity index (χ2v) is 8.64. The molecule has 2 aliphatic rings. The van der Waals surface area contributed by atoms with Gasteiger partial charge in [-0.3, -0.25) is 14.3 Å². The highest BCUT2D eigenvalue weighted by Crippen LogP contribution is 2.37. The van der Waals surface area contributed by atoms with Crippen LogP contribution in [0.25, 0.3) is 11.1 Å². The lowest BCUT2D eigenvalue weighted by Gasteiger charge is -2.43. The highest BCUT2D eigenvalue weighted by Gasteiger charge is 2.40. The molecule has 0 bridgehead atoms. The first kappa shape index (κ1) is 20.4. The molecular weight excluding hydrogens is 378 g/mol. The van der Waals surface area contributed by atoms with E-state index in [2.05, 4.69) is 16.7 Å². The van der Waals surface area contributed by atoms with Crippen LogP contribution < -0.4 is 0 Å². The molecule has 1 N–H and O–H groups in total. The lowest BCUT2D eigenvalue weighted by Crippen LogP contribution is -2.53. The van der Waals surface area contributed by atoms with E-state index < -0.39 is 0 Å². The third kappa shape index (κ3) is 3.80. The first-order valence-electron chi connectivity index (χ1n) is 10.8. The molecule has 7 heteroatoms. The second kappa shape index (κ2) is 8.50. The maximum Gasteiger partial charge on any atom is 0.255 e. The molecule has 4 rings (SSSR count). The van der Waals surface area contributed by atoms with Crippen molar-refractivity contribution in [2.24, 2.45) is 18.9 Å². The number of amides is 2. The molecule has 160 valence electrons. The van der Waals surface area contributed by atoms with Gasteiger partial charge < -0.3 is 14.8 Å². The van der Waals surface area contributed by atoms with E-state index >= 15 is 0 Å². The van der Waals surface area contributed by atoms with E-state index in [0.717, 1.165) is 49.8 Å². The number of piperidine rings is 1. The van der Waals surface area contributed by atoms with Crippen molar-refractivity contribution >= 4 is 11.8 Å². The van der Waals surface area contributed by atoms with Gasteiger partial charge in [0.05, 0.1) is 11.8 Å². The molecule has 2 amide bonds. The quantitative estimate of drug-likeness (QED) is 0.745. The van der Waals surface area contributed by atoms with Crippen LogP contribution in [0.5, 0.6) is 0 Å². The molecule has 3 heterocycles. The number of carbonyl (C=O) groups excluding carboxylic acids is 2. The number of carbonyl (C=O) groups is 2. The van der Waals surface area contributed by atoms with Crippen molar-refractivity contribution in [2.45, 2.75) is 38.1 Å². The Morgan fingerprint density at radius 3 is 2.80 bits per heavy atom. The van der Waals surface area contributed by atoms with Crippen molar-refractivity contribution in [3.8, 4) is 11.1 Å². The number of hydrogen-bond acceptors (Lipinski definition) is 3. The third-order valence-corrected chi connectivity index (χ3v) is 6.68. The molecule has 1 saturated heterocycles. The molecule has 3 atom stereocenters. The predicted octanol–water partition coefficient (Wildman–Crippen LogP) is 3.08. The second-order valence-electron chi connectivity index (χ2n) is 8.64. The number of aromatic amines is 1. The molecule has 30 heavy (non-hydrogen) atoms. The van der Waals surface area contributed by atoms with Crippen molar-refractivity contribution in [2.75, 3.05) is 20.1 Å². The van der Waals surface area contributed by atoms with Gasteiger partial charge in [-0.15, -0.1) is 6.58 Å². The number of nitrogens with one attached hydrogen (secondary N) is 1. The Bertz CT molecular complexity index is 930. The first-order chi connectivity index (χ1) is 14.5. The summed E-state index contributed by atoms with van der Waals surface area (Å²) in [5.74, 6) is 0.586. The molecule has 1 aliphatic carbocycles. The van der Waals surface area contributed by atoms with Gasteiger partial charge in [0, 0.05) is 68.9 Å². The molecule has 0 radical (unpaired) electrons. The van der Waals surface area contributed by atoms with E-state index in [9.17, 15) is 9.59 Å². The Hall–Kier alpha value is -2.83. The highest BCUT2D eigenvalue weighted by atomic mass is 16.2. The fraction of sp³-hybridized carbons (Fsp3) is 0.522. The molecule has 1 saturated carbocycles. The van der Waals surface area contributed by atoms with Gasteiger partial charge in [0.1, 0.15) is 0 Å². The van der Waals surface area contributed by atoms with Crippen LogP contribution in [0.4, 0.5) is 0 Å². The monoisotopic (exact) mass is 409 g/mol. The summed E-state index contributed by atoms with van der Waals surface area (Å²) in [5.41, 5.74) is 2.38. The summed E-state index contributed by atoms with van der Waals surface area (Å²) in [6, 6.07) is 0.0760. The molecule has 1 aliphatic heterocycles. The first-order valence-corrected chi connectivity index (χ1v) is 10.8. The van der Waals surface area contributed by atoms with E-state index in [0.29, 0.717) is 18.0 Å². The Morgan fingerprint density at radius 1 is 1.30 bits per heavy atom. The van der Waals surface area contributed by atoms with Crippen LogP contribution in [-0.4, -0.2) is 62.6 Å².